The molecule has 0 N–H and O–H groups in total. The first-order valence-electron chi connectivity index (χ1n) is 4.33. The average Bonchev–Trinajstić information content (AvgIpc) is 1.99. The molecule has 1 rings (SSSR count). The third kappa shape index (κ3) is 3.73. The molecule has 0 aromatic heterocycles. The van der Waals surface area contributed by atoms with E-state index in [1.165, 1.54) is 11.1 Å². The Bertz CT molecular complexity index is 298. The molecule has 0 saturated carbocycles. The summed E-state index contributed by atoms with van der Waals surface area (Å²) in [5.41, 5.74) is 2.45. The Morgan fingerprint density at radius 1 is 1.38 bits per heavy atom. The van der Waals surface area contributed by atoms with Gasteiger partial charge in [0, 0.05) is 10.9 Å². The molecular formula is C11H13BrO. The predicted octanol–water partition coefficient (Wildman–Crippen LogP) is 3.28. The van der Waals surface area contributed by atoms with Gasteiger partial charge in [-0.15, -0.1) is 0 Å². The number of rotatable bonds is 3. The summed E-state index contributed by atoms with van der Waals surface area (Å²) in [4.78, 5) is 10.8. The second-order valence-corrected chi connectivity index (χ2v) is 4.25. The number of halogens is 1. The monoisotopic (exact) mass is 240 g/mol. The van der Waals surface area contributed by atoms with Gasteiger partial charge in [-0.3, -0.25) is 0 Å². The molecule has 0 aliphatic carbocycles. The lowest BCUT2D eigenvalue weighted by Gasteiger charge is -2.02. The zero-order valence-electron chi connectivity index (χ0n) is 7.93. The summed E-state index contributed by atoms with van der Waals surface area (Å²) in [7, 11) is 0. The van der Waals surface area contributed by atoms with Gasteiger partial charge < -0.3 is 4.79 Å². The topological polar surface area (TPSA) is 17.1 Å². The van der Waals surface area contributed by atoms with E-state index in [2.05, 4.69) is 41.1 Å². The largest absolute Gasteiger partial charge is 0.300 e. The van der Waals surface area contributed by atoms with Crippen LogP contribution in [0.5, 0.6) is 0 Å². The molecule has 0 fully saturated rings. The van der Waals surface area contributed by atoms with Crippen molar-refractivity contribution >= 4 is 21.7 Å². The smallest absolute Gasteiger partial charge is 0.130 e. The molecule has 0 saturated heterocycles. The third-order valence-electron chi connectivity index (χ3n) is 1.87. The van der Waals surface area contributed by atoms with Crippen molar-refractivity contribution in [2.24, 2.45) is 0 Å². The number of hydrogen-bond acceptors (Lipinski definition) is 1. The van der Waals surface area contributed by atoms with Crippen LogP contribution in [0.1, 0.15) is 24.5 Å². The van der Waals surface area contributed by atoms with Gasteiger partial charge in [0.15, 0.2) is 0 Å². The number of Topliss-reactive ketones (excluding diaryl/α,β-unsaturated/α-hetero) is 1. The summed E-state index contributed by atoms with van der Waals surface area (Å²) < 4.78 is 1.09. The Hall–Kier alpha value is -0.630. The van der Waals surface area contributed by atoms with Crippen molar-refractivity contribution in [3.05, 3.63) is 33.8 Å². The van der Waals surface area contributed by atoms with E-state index in [0.29, 0.717) is 6.42 Å². The molecule has 0 radical (unpaired) electrons. The van der Waals surface area contributed by atoms with Crippen LogP contribution in [0.3, 0.4) is 0 Å². The first kappa shape index (κ1) is 10.5. The highest BCUT2D eigenvalue weighted by Gasteiger charge is 1.98. The zero-order valence-corrected chi connectivity index (χ0v) is 9.52. The van der Waals surface area contributed by atoms with E-state index in [-0.39, 0.29) is 5.78 Å². The summed E-state index contributed by atoms with van der Waals surface area (Å²) in [6.07, 6.45) is 1.48. The number of hydrogen-bond donors (Lipinski definition) is 0. The summed E-state index contributed by atoms with van der Waals surface area (Å²) in [6, 6.07) is 6.25. The molecule has 1 aromatic rings. The van der Waals surface area contributed by atoms with E-state index >= 15 is 0 Å². The maximum atomic E-state index is 10.8. The van der Waals surface area contributed by atoms with Crippen molar-refractivity contribution in [2.45, 2.75) is 26.7 Å². The lowest BCUT2D eigenvalue weighted by Crippen LogP contribution is -1.94. The van der Waals surface area contributed by atoms with Crippen LogP contribution in [0.15, 0.2) is 22.7 Å². The fourth-order valence-corrected chi connectivity index (χ4v) is 1.93. The van der Waals surface area contributed by atoms with Crippen molar-refractivity contribution < 1.29 is 4.79 Å². The summed E-state index contributed by atoms with van der Waals surface area (Å²) in [5, 5.41) is 0. The minimum atomic E-state index is 0.248. The van der Waals surface area contributed by atoms with Crippen LogP contribution in [0.25, 0.3) is 0 Å². The molecular weight excluding hydrogens is 228 g/mol. The molecule has 0 atom stereocenters. The highest BCUT2D eigenvalue weighted by molar-refractivity contribution is 9.10. The van der Waals surface area contributed by atoms with Gasteiger partial charge in [-0.2, -0.15) is 0 Å². The van der Waals surface area contributed by atoms with Crippen molar-refractivity contribution in [1.29, 1.82) is 0 Å². The Kier molecular flexibility index (Phi) is 3.67. The van der Waals surface area contributed by atoms with Crippen LogP contribution < -0.4 is 0 Å². The highest BCUT2D eigenvalue weighted by atomic mass is 79.9. The molecule has 0 amide bonds. The van der Waals surface area contributed by atoms with Crippen LogP contribution >= 0.6 is 15.9 Å². The maximum absolute atomic E-state index is 10.8. The summed E-state index contributed by atoms with van der Waals surface area (Å²) >= 11 is 3.44. The molecule has 0 aliphatic heterocycles. The fourth-order valence-electron chi connectivity index (χ4n) is 1.28. The van der Waals surface area contributed by atoms with E-state index in [9.17, 15) is 4.79 Å². The minimum absolute atomic E-state index is 0.248. The Morgan fingerprint density at radius 2 is 2.08 bits per heavy atom. The normalized spacial score (nSPS) is 10.1. The highest BCUT2D eigenvalue weighted by Crippen LogP contribution is 2.16. The zero-order chi connectivity index (χ0) is 9.84. The van der Waals surface area contributed by atoms with E-state index < -0.39 is 0 Å². The van der Waals surface area contributed by atoms with Crippen LogP contribution in [0.4, 0.5) is 0 Å². The molecule has 1 aromatic carbocycles. The summed E-state index contributed by atoms with van der Waals surface area (Å²) in [5.74, 6) is 0.248. The van der Waals surface area contributed by atoms with Crippen molar-refractivity contribution in [1.82, 2.24) is 0 Å². The maximum Gasteiger partial charge on any atom is 0.130 e. The number of carbonyl (C=O) groups is 1. The van der Waals surface area contributed by atoms with Gasteiger partial charge in [0.1, 0.15) is 5.78 Å². The Morgan fingerprint density at radius 3 is 2.62 bits per heavy atom. The first-order chi connectivity index (χ1) is 6.08. The lowest BCUT2D eigenvalue weighted by molar-refractivity contribution is -0.116. The van der Waals surface area contributed by atoms with Gasteiger partial charge >= 0.3 is 0 Å². The average molecular weight is 241 g/mol. The van der Waals surface area contributed by atoms with Gasteiger partial charge in [-0.05, 0) is 43.5 Å². The minimum Gasteiger partial charge on any atom is -0.300 e. The number of benzene rings is 1. The van der Waals surface area contributed by atoms with Gasteiger partial charge in [-0.1, -0.05) is 22.0 Å². The second kappa shape index (κ2) is 4.56. The van der Waals surface area contributed by atoms with E-state index in [0.717, 1.165) is 10.9 Å². The number of ketones is 1. The standard InChI is InChI=1S/C11H13BrO/c1-8-5-10(4-3-9(2)13)7-11(12)6-8/h5-7H,3-4H2,1-2H3. The molecule has 0 aliphatic rings. The van der Waals surface area contributed by atoms with Crippen molar-refractivity contribution in [3.63, 3.8) is 0 Å². The third-order valence-corrected chi connectivity index (χ3v) is 2.33. The lowest BCUT2D eigenvalue weighted by atomic mass is 10.1. The quantitative estimate of drug-likeness (QED) is 0.793. The van der Waals surface area contributed by atoms with Crippen LogP contribution in [0, 0.1) is 6.92 Å². The van der Waals surface area contributed by atoms with Gasteiger partial charge in [0.2, 0.25) is 0 Å². The molecule has 70 valence electrons. The molecule has 0 bridgehead atoms. The van der Waals surface area contributed by atoms with Crippen LogP contribution in [-0.2, 0) is 11.2 Å². The second-order valence-electron chi connectivity index (χ2n) is 3.34. The number of carbonyl (C=O) groups excluding carboxylic acids is 1. The molecule has 13 heavy (non-hydrogen) atoms. The molecule has 0 spiro atoms. The van der Waals surface area contributed by atoms with Crippen LogP contribution in [-0.4, -0.2) is 5.78 Å². The van der Waals surface area contributed by atoms with Gasteiger partial charge in [0.25, 0.3) is 0 Å². The molecule has 1 nitrogen and oxygen atoms in total. The molecule has 2 heteroatoms. The Balaban J connectivity index is 2.71. The van der Waals surface area contributed by atoms with Crippen molar-refractivity contribution in [3.8, 4) is 0 Å². The van der Waals surface area contributed by atoms with Crippen molar-refractivity contribution in [2.75, 3.05) is 0 Å². The molecule has 0 unspecified atom stereocenters. The SMILES string of the molecule is CC(=O)CCc1cc(C)cc(Br)c1. The predicted molar refractivity (Wildman–Crippen MR) is 57.9 cm³/mol. The fraction of sp³-hybridized carbons (Fsp3) is 0.364. The Labute approximate surface area is 87.3 Å². The first-order valence-corrected chi connectivity index (χ1v) is 5.13. The summed E-state index contributed by atoms with van der Waals surface area (Å²) in [6.45, 7) is 3.69. The van der Waals surface area contributed by atoms with E-state index in [1.807, 2.05) is 0 Å². The van der Waals surface area contributed by atoms with E-state index in [4.69, 9.17) is 0 Å². The molecule has 0 heterocycles. The van der Waals surface area contributed by atoms with Crippen LogP contribution in [0.2, 0.25) is 0 Å². The number of aryl methyl sites for hydroxylation is 2. The van der Waals surface area contributed by atoms with Gasteiger partial charge in [0.05, 0.1) is 0 Å². The van der Waals surface area contributed by atoms with Gasteiger partial charge in [-0.25, -0.2) is 0 Å². The van der Waals surface area contributed by atoms with E-state index in [1.54, 1.807) is 6.92 Å².